The maximum atomic E-state index is 12.7. The van der Waals surface area contributed by atoms with Crippen LogP contribution < -0.4 is 11.2 Å². The first kappa shape index (κ1) is 14.8. The quantitative estimate of drug-likeness (QED) is 0.573. The van der Waals surface area contributed by atoms with Crippen molar-refractivity contribution in [2.45, 2.75) is 12.1 Å². The molecule has 0 radical (unpaired) electrons. The van der Waals surface area contributed by atoms with E-state index in [9.17, 15) is 9.59 Å². The summed E-state index contributed by atoms with van der Waals surface area (Å²) in [4.78, 5) is 35.8. The molecule has 2 aromatic heterocycles. The summed E-state index contributed by atoms with van der Waals surface area (Å²) in [7, 11) is 0. The van der Waals surface area contributed by atoms with Gasteiger partial charge in [0.2, 0.25) is 0 Å². The molecule has 112 valence electrons. The second-order valence-corrected chi connectivity index (χ2v) is 5.78. The highest BCUT2D eigenvalue weighted by Gasteiger charge is 2.15. The molecule has 0 aliphatic heterocycles. The van der Waals surface area contributed by atoms with E-state index >= 15 is 0 Å². The smallest absolute Gasteiger partial charge is 0.291 e. The van der Waals surface area contributed by atoms with Gasteiger partial charge in [-0.2, -0.15) is 0 Å². The Labute approximate surface area is 134 Å². The molecule has 2 heterocycles. The third-order valence-electron chi connectivity index (χ3n) is 3.22. The summed E-state index contributed by atoms with van der Waals surface area (Å²) in [6.45, 7) is 1.78. The average Bonchev–Trinajstić information content (AvgIpc) is 2.49. The van der Waals surface area contributed by atoms with Crippen molar-refractivity contribution in [2.24, 2.45) is 0 Å². The minimum absolute atomic E-state index is 0.218. The van der Waals surface area contributed by atoms with Crippen LogP contribution in [0.3, 0.4) is 0 Å². The Hall–Kier alpha value is -2.12. The first-order valence-electron chi connectivity index (χ1n) is 6.34. The number of para-hydroxylation sites is 1. The second-order valence-electron chi connectivity index (χ2n) is 4.60. The maximum Gasteiger partial charge on any atom is 0.334 e. The van der Waals surface area contributed by atoms with E-state index in [0.29, 0.717) is 15.9 Å². The second kappa shape index (κ2) is 5.58. The minimum atomic E-state index is -0.584. The fraction of sp³-hybridized carbons (Fsp3) is 0.143. The molecule has 1 N–H and O–H groups in total. The van der Waals surface area contributed by atoms with E-state index in [-0.39, 0.29) is 11.0 Å². The average molecular weight is 335 g/mol. The lowest BCUT2D eigenvalue weighted by Gasteiger charge is -2.10. The number of halogens is 1. The van der Waals surface area contributed by atoms with Crippen LogP contribution >= 0.6 is 23.4 Å². The third kappa shape index (κ3) is 2.32. The summed E-state index contributed by atoms with van der Waals surface area (Å²) in [6.07, 6.45) is 3.22. The van der Waals surface area contributed by atoms with Gasteiger partial charge in [-0.15, -0.1) is 0 Å². The highest BCUT2D eigenvalue weighted by molar-refractivity contribution is 7.98. The summed E-state index contributed by atoms with van der Waals surface area (Å²) in [6, 6.07) is 5.17. The van der Waals surface area contributed by atoms with E-state index in [2.05, 4.69) is 15.0 Å². The van der Waals surface area contributed by atoms with Crippen LogP contribution in [0.15, 0.2) is 39.1 Å². The standard InChI is InChI=1S/C14H11ClN4O2S/c1-7-4-3-5-9(15)10(7)19-12(20)8-6-16-13(22-2)17-11(8)18-14(19)21/h3-6H,1-2H3,(H,16,17,18,21). The number of nitrogens with one attached hydrogen (secondary N) is 1. The third-order valence-corrected chi connectivity index (χ3v) is 4.09. The molecule has 3 aromatic rings. The van der Waals surface area contributed by atoms with Crippen LogP contribution in [0.4, 0.5) is 0 Å². The first-order valence-corrected chi connectivity index (χ1v) is 7.94. The lowest BCUT2D eigenvalue weighted by molar-refractivity contribution is 0.872. The van der Waals surface area contributed by atoms with E-state index in [1.807, 2.05) is 6.26 Å². The Morgan fingerprint density at radius 3 is 2.77 bits per heavy atom. The summed E-state index contributed by atoms with van der Waals surface area (Å²) >= 11 is 7.49. The van der Waals surface area contributed by atoms with Crippen molar-refractivity contribution in [2.75, 3.05) is 6.26 Å². The van der Waals surface area contributed by atoms with Crippen molar-refractivity contribution in [3.05, 3.63) is 55.8 Å². The number of nitrogens with zero attached hydrogens (tertiary/aromatic N) is 3. The van der Waals surface area contributed by atoms with Crippen LogP contribution in [0.2, 0.25) is 5.02 Å². The highest BCUT2D eigenvalue weighted by Crippen LogP contribution is 2.22. The van der Waals surface area contributed by atoms with E-state index in [4.69, 9.17) is 11.6 Å². The minimum Gasteiger partial charge on any atom is -0.291 e. The van der Waals surface area contributed by atoms with Crippen molar-refractivity contribution in [3.8, 4) is 5.69 Å². The predicted octanol–water partition coefficient (Wildman–Crippen LogP) is 2.15. The van der Waals surface area contributed by atoms with Gasteiger partial charge in [-0.3, -0.25) is 9.78 Å². The van der Waals surface area contributed by atoms with E-state index in [1.165, 1.54) is 18.0 Å². The number of rotatable bonds is 2. The van der Waals surface area contributed by atoms with Crippen molar-refractivity contribution in [3.63, 3.8) is 0 Å². The number of aromatic nitrogens is 4. The number of hydrogen-bond donors (Lipinski definition) is 1. The molecule has 3 rings (SSSR count). The van der Waals surface area contributed by atoms with Gasteiger partial charge in [-0.25, -0.2) is 19.3 Å². The van der Waals surface area contributed by atoms with Crippen molar-refractivity contribution in [1.29, 1.82) is 0 Å². The molecule has 0 aliphatic carbocycles. The molecule has 0 fully saturated rings. The van der Waals surface area contributed by atoms with Crippen LogP contribution in [0.25, 0.3) is 16.7 Å². The Morgan fingerprint density at radius 2 is 2.09 bits per heavy atom. The van der Waals surface area contributed by atoms with Gasteiger partial charge in [0.1, 0.15) is 5.39 Å². The van der Waals surface area contributed by atoms with Crippen LogP contribution in [0.1, 0.15) is 5.56 Å². The number of thioether (sulfide) groups is 1. The monoisotopic (exact) mass is 334 g/mol. The van der Waals surface area contributed by atoms with E-state index < -0.39 is 11.2 Å². The van der Waals surface area contributed by atoms with Crippen molar-refractivity contribution >= 4 is 34.4 Å². The summed E-state index contributed by atoms with van der Waals surface area (Å²) < 4.78 is 1.02. The number of fused-ring (bicyclic) bond motifs is 1. The Morgan fingerprint density at radius 1 is 1.32 bits per heavy atom. The van der Waals surface area contributed by atoms with Gasteiger partial charge in [0.25, 0.3) is 5.56 Å². The molecule has 0 saturated heterocycles. The Balaban J connectivity index is 2.42. The van der Waals surface area contributed by atoms with Gasteiger partial charge in [-0.05, 0) is 24.8 Å². The Bertz CT molecular complexity index is 976. The number of hydrogen-bond acceptors (Lipinski definition) is 5. The van der Waals surface area contributed by atoms with Crippen LogP contribution in [-0.4, -0.2) is 25.8 Å². The number of H-pyrrole nitrogens is 1. The molecule has 0 aliphatic rings. The SMILES string of the molecule is CSc1ncc2c(=O)n(-c3c(C)cccc3Cl)c(=O)[nH]c2n1. The molecule has 0 saturated carbocycles. The molecule has 1 aromatic carbocycles. The number of aromatic amines is 1. The van der Waals surface area contributed by atoms with Gasteiger partial charge in [0.15, 0.2) is 10.8 Å². The molecular formula is C14H11ClN4O2S. The predicted molar refractivity (Wildman–Crippen MR) is 87.3 cm³/mol. The Kier molecular flexibility index (Phi) is 3.76. The molecular weight excluding hydrogens is 324 g/mol. The molecule has 0 spiro atoms. The highest BCUT2D eigenvalue weighted by atomic mass is 35.5. The van der Waals surface area contributed by atoms with Gasteiger partial charge in [0.05, 0.1) is 10.7 Å². The fourth-order valence-electron chi connectivity index (χ4n) is 2.20. The summed E-state index contributed by atoms with van der Waals surface area (Å²) in [5, 5.41) is 1.04. The molecule has 8 heteroatoms. The molecule has 0 amide bonds. The van der Waals surface area contributed by atoms with Crippen LogP contribution in [-0.2, 0) is 0 Å². The van der Waals surface area contributed by atoms with E-state index in [0.717, 1.165) is 10.1 Å². The van der Waals surface area contributed by atoms with Crippen molar-refractivity contribution < 1.29 is 0 Å². The van der Waals surface area contributed by atoms with Crippen LogP contribution in [0, 0.1) is 6.92 Å². The zero-order valence-electron chi connectivity index (χ0n) is 11.8. The van der Waals surface area contributed by atoms with Gasteiger partial charge in [0, 0.05) is 6.20 Å². The number of benzene rings is 1. The molecule has 0 unspecified atom stereocenters. The van der Waals surface area contributed by atoms with E-state index in [1.54, 1.807) is 25.1 Å². The summed E-state index contributed by atoms with van der Waals surface area (Å²) in [5.41, 5.74) is 0.227. The van der Waals surface area contributed by atoms with Gasteiger partial charge >= 0.3 is 5.69 Å². The number of aryl methyl sites for hydroxylation is 1. The maximum absolute atomic E-state index is 12.7. The molecule has 0 bridgehead atoms. The topological polar surface area (TPSA) is 80.6 Å². The zero-order valence-corrected chi connectivity index (χ0v) is 13.3. The van der Waals surface area contributed by atoms with Gasteiger partial charge in [-0.1, -0.05) is 35.5 Å². The van der Waals surface area contributed by atoms with Gasteiger partial charge < -0.3 is 0 Å². The molecule has 22 heavy (non-hydrogen) atoms. The largest absolute Gasteiger partial charge is 0.334 e. The van der Waals surface area contributed by atoms with Crippen molar-refractivity contribution in [1.82, 2.24) is 19.5 Å². The molecule has 0 atom stereocenters. The lowest BCUT2D eigenvalue weighted by Crippen LogP contribution is -2.34. The summed E-state index contributed by atoms with van der Waals surface area (Å²) in [5.74, 6) is 0. The first-order chi connectivity index (χ1) is 10.5. The lowest BCUT2D eigenvalue weighted by atomic mass is 10.2. The zero-order chi connectivity index (χ0) is 15.9. The fourth-order valence-corrected chi connectivity index (χ4v) is 2.84. The van der Waals surface area contributed by atoms with Crippen LogP contribution in [0.5, 0.6) is 0 Å². The normalized spacial score (nSPS) is 11.0. The molecule has 6 nitrogen and oxygen atoms in total.